The molecule has 2 N–H and O–H groups in total. The number of nitrogens with one attached hydrogen (secondary N) is 2. The van der Waals surface area contributed by atoms with Gasteiger partial charge in [-0.15, -0.1) is 0 Å². The SMILES string of the molecule is O=C(NOCCOCCOCCONC(=O)c1ccccc1)c1ccccc1. The van der Waals surface area contributed by atoms with Crippen LogP contribution in [-0.4, -0.2) is 51.5 Å². The van der Waals surface area contributed by atoms with Crippen molar-refractivity contribution in [3.63, 3.8) is 0 Å². The molecule has 0 radical (unpaired) electrons. The Balaban J connectivity index is 1.36. The fraction of sp³-hybridized carbons (Fsp3) is 0.300. The van der Waals surface area contributed by atoms with Crippen molar-refractivity contribution in [3.05, 3.63) is 71.8 Å². The third-order valence-corrected chi connectivity index (χ3v) is 3.43. The first kappa shape index (κ1) is 21.5. The van der Waals surface area contributed by atoms with Crippen molar-refractivity contribution in [2.45, 2.75) is 0 Å². The van der Waals surface area contributed by atoms with Crippen LogP contribution in [0.4, 0.5) is 0 Å². The molecule has 0 unspecified atom stereocenters. The molecule has 0 atom stereocenters. The van der Waals surface area contributed by atoms with Crippen LogP contribution in [0.15, 0.2) is 60.7 Å². The van der Waals surface area contributed by atoms with Gasteiger partial charge in [0.05, 0.1) is 39.6 Å². The fourth-order valence-electron chi connectivity index (χ4n) is 2.05. The third-order valence-electron chi connectivity index (χ3n) is 3.43. The van der Waals surface area contributed by atoms with E-state index in [1.165, 1.54) is 0 Å². The molecule has 2 rings (SSSR count). The summed E-state index contributed by atoms with van der Waals surface area (Å²) in [4.78, 5) is 33.5. The monoisotopic (exact) mass is 388 g/mol. The molecule has 0 aliphatic heterocycles. The number of hydrogen-bond donors (Lipinski definition) is 2. The molecule has 0 fully saturated rings. The molecule has 2 aromatic rings. The number of hydrogen-bond acceptors (Lipinski definition) is 6. The van der Waals surface area contributed by atoms with Gasteiger partial charge < -0.3 is 9.47 Å². The Morgan fingerprint density at radius 2 is 0.929 bits per heavy atom. The van der Waals surface area contributed by atoms with Crippen molar-refractivity contribution in [1.29, 1.82) is 0 Å². The van der Waals surface area contributed by atoms with Gasteiger partial charge in [-0.1, -0.05) is 36.4 Å². The van der Waals surface area contributed by atoms with E-state index in [1.54, 1.807) is 48.5 Å². The quantitative estimate of drug-likeness (QED) is 0.401. The van der Waals surface area contributed by atoms with Gasteiger partial charge in [-0.25, -0.2) is 11.0 Å². The van der Waals surface area contributed by atoms with Crippen LogP contribution in [0.3, 0.4) is 0 Å². The number of carbonyl (C=O) groups is 2. The van der Waals surface area contributed by atoms with E-state index in [0.717, 1.165) is 0 Å². The molecule has 8 nitrogen and oxygen atoms in total. The topological polar surface area (TPSA) is 95.1 Å². The van der Waals surface area contributed by atoms with Crippen molar-refractivity contribution in [2.75, 3.05) is 39.6 Å². The highest BCUT2D eigenvalue weighted by molar-refractivity contribution is 5.93. The Morgan fingerprint density at radius 3 is 1.32 bits per heavy atom. The summed E-state index contributed by atoms with van der Waals surface area (Å²) in [5, 5.41) is 0. The van der Waals surface area contributed by atoms with E-state index in [-0.39, 0.29) is 25.0 Å². The number of ether oxygens (including phenoxy) is 2. The van der Waals surface area contributed by atoms with Gasteiger partial charge in [0, 0.05) is 11.1 Å². The molecule has 2 aromatic carbocycles. The number of benzene rings is 2. The Labute approximate surface area is 163 Å². The lowest BCUT2D eigenvalue weighted by atomic mass is 10.2. The smallest absolute Gasteiger partial charge is 0.274 e. The zero-order valence-electron chi connectivity index (χ0n) is 15.5. The zero-order chi connectivity index (χ0) is 19.9. The van der Waals surface area contributed by atoms with Crippen LogP contribution >= 0.6 is 0 Å². The van der Waals surface area contributed by atoms with Gasteiger partial charge >= 0.3 is 0 Å². The minimum absolute atomic E-state index is 0.229. The van der Waals surface area contributed by atoms with Crippen LogP contribution in [0.5, 0.6) is 0 Å². The standard InChI is InChI=1S/C20H24N2O6/c23-19(17-7-3-1-4-8-17)21-27-15-13-25-11-12-26-14-16-28-22-20(24)18-9-5-2-6-10-18/h1-10H,11-16H2,(H,21,23)(H,22,24). The van der Waals surface area contributed by atoms with Crippen LogP contribution in [-0.2, 0) is 19.1 Å². The van der Waals surface area contributed by atoms with Crippen LogP contribution < -0.4 is 11.0 Å². The molecule has 0 aliphatic rings. The first-order valence-electron chi connectivity index (χ1n) is 8.87. The molecule has 0 aliphatic carbocycles. The van der Waals surface area contributed by atoms with E-state index in [2.05, 4.69) is 11.0 Å². The molecule has 2 amide bonds. The molecular formula is C20H24N2O6. The summed E-state index contributed by atoms with van der Waals surface area (Å²) in [6.07, 6.45) is 0. The minimum atomic E-state index is -0.303. The average molecular weight is 388 g/mol. The van der Waals surface area contributed by atoms with Gasteiger partial charge in [0.25, 0.3) is 11.8 Å². The number of hydroxylamine groups is 2. The summed E-state index contributed by atoms with van der Waals surface area (Å²) in [6.45, 7) is 1.86. The van der Waals surface area contributed by atoms with Crippen LogP contribution in [0.1, 0.15) is 20.7 Å². The summed E-state index contributed by atoms with van der Waals surface area (Å²) in [5.74, 6) is -0.605. The van der Waals surface area contributed by atoms with E-state index in [0.29, 0.717) is 37.6 Å². The highest BCUT2D eigenvalue weighted by Crippen LogP contribution is 1.98. The van der Waals surface area contributed by atoms with Crippen molar-refractivity contribution in [1.82, 2.24) is 11.0 Å². The van der Waals surface area contributed by atoms with Crippen LogP contribution in [0, 0.1) is 0 Å². The Morgan fingerprint density at radius 1 is 0.571 bits per heavy atom. The second-order valence-corrected chi connectivity index (χ2v) is 5.52. The molecule has 0 saturated carbocycles. The summed E-state index contributed by atoms with van der Waals surface area (Å²) in [5.41, 5.74) is 5.74. The maximum absolute atomic E-state index is 11.7. The molecule has 0 aromatic heterocycles. The second kappa shape index (κ2) is 13.4. The fourth-order valence-corrected chi connectivity index (χ4v) is 2.05. The summed E-state index contributed by atoms with van der Waals surface area (Å²) < 4.78 is 10.6. The van der Waals surface area contributed by atoms with E-state index in [1.807, 2.05) is 12.1 Å². The zero-order valence-corrected chi connectivity index (χ0v) is 15.5. The van der Waals surface area contributed by atoms with E-state index >= 15 is 0 Å². The van der Waals surface area contributed by atoms with Gasteiger partial charge in [0.15, 0.2) is 0 Å². The largest absolute Gasteiger partial charge is 0.377 e. The lowest BCUT2D eigenvalue weighted by Gasteiger charge is -2.08. The van der Waals surface area contributed by atoms with Crippen LogP contribution in [0.25, 0.3) is 0 Å². The van der Waals surface area contributed by atoms with Gasteiger partial charge in [0.2, 0.25) is 0 Å². The summed E-state index contributed by atoms with van der Waals surface area (Å²) in [7, 11) is 0. The molecule has 8 heteroatoms. The number of rotatable bonds is 13. The highest BCUT2D eigenvalue weighted by Gasteiger charge is 2.04. The molecule has 0 saturated heterocycles. The lowest BCUT2D eigenvalue weighted by molar-refractivity contribution is -0.0287. The van der Waals surface area contributed by atoms with Gasteiger partial charge in [-0.2, -0.15) is 0 Å². The first-order valence-corrected chi connectivity index (χ1v) is 8.87. The van der Waals surface area contributed by atoms with Gasteiger partial charge in [-0.05, 0) is 24.3 Å². The Hall–Kier alpha value is -2.78. The number of amides is 2. The van der Waals surface area contributed by atoms with E-state index in [9.17, 15) is 9.59 Å². The van der Waals surface area contributed by atoms with Crippen molar-refractivity contribution in [3.8, 4) is 0 Å². The van der Waals surface area contributed by atoms with E-state index < -0.39 is 0 Å². The Kier molecular flexibility index (Phi) is 10.3. The maximum atomic E-state index is 11.7. The lowest BCUT2D eigenvalue weighted by Crippen LogP contribution is -2.26. The Bertz CT molecular complexity index is 635. The van der Waals surface area contributed by atoms with Crippen molar-refractivity contribution in [2.24, 2.45) is 0 Å². The predicted octanol–water partition coefficient (Wildman–Crippen LogP) is 1.74. The molecule has 28 heavy (non-hydrogen) atoms. The van der Waals surface area contributed by atoms with Crippen molar-refractivity contribution >= 4 is 11.8 Å². The normalized spacial score (nSPS) is 10.4. The number of carbonyl (C=O) groups excluding carboxylic acids is 2. The highest BCUT2D eigenvalue weighted by atomic mass is 16.7. The average Bonchev–Trinajstić information content (AvgIpc) is 2.75. The van der Waals surface area contributed by atoms with Gasteiger partial charge in [-0.3, -0.25) is 19.3 Å². The van der Waals surface area contributed by atoms with Crippen LogP contribution in [0.2, 0.25) is 0 Å². The third kappa shape index (κ3) is 8.74. The summed E-state index contributed by atoms with van der Waals surface area (Å²) in [6, 6.07) is 17.6. The molecule has 0 heterocycles. The second-order valence-electron chi connectivity index (χ2n) is 5.52. The van der Waals surface area contributed by atoms with E-state index in [4.69, 9.17) is 19.1 Å². The molecule has 0 bridgehead atoms. The molecular weight excluding hydrogens is 364 g/mol. The van der Waals surface area contributed by atoms with Crippen molar-refractivity contribution < 1.29 is 28.7 Å². The minimum Gasteiger partial charge on any atom is -0.377 e. The maximum Gasteiger partial charge on any atom is 0.274 e. The predicted molar refractivity (Wildman–Crippen MR) is 101 cm³/mol. The molecule has 150 valence electrons. The first-order chi connectivity index (χ1) is 13.8. The molecule has 0 spiro atoms. The van der Waals surface area contributed by atoms with Gasteiger partial charge in [0.1, 0.15) is 0 Å². The summed E-state index contributed by atoms with van der Waals surface area (Å²) >= 11 is 0.